The molecule has 0 radical (unpaired) electrons. The van der Waals surface area contributed by atoms with Gasteiger partial charge in [-0.1, -0.05) is 25.2 Å². The fourth-order valence-corrected chi connectivity index (χ4v) is 5.09. The lowest BCUT2D eigenvalue weighted by molar-refractivity contribution is -0.160. The van der Waals surface area contributed by atoms with Crippen LogP contribution in [0.1, 0.15) is 33.1 Å². The van der Waals surface area contributed by atoms with E-state index in [0.717, 1.165) is 12.8 Å². The Morgan fingerprint density at radius 3 is 2.77 bits per heavy atom. The molecule has 1 amide bonds. The van der Waals surface area contributed by atoms with Crippen molar-refractivity contribution >= 4 is 23.0 Å². The van der Waals surface area contributed by atoms with Gasteiger partial charge in [-0.05, 0) is 24.2 Å². The third kappa shape index (κ3) is 1.67. The third-order valence-electron chi connectivity index (χ3n) is 6.07. The number of aromatic nitrogens is 1. The molecule has 2 atom stereocenters. The summed E-state index contributed by atoms with van der Waals surface area (Å²) >= 11 is 1.46. The van der Waals surface area contributed by atoms with Crippen LogP contribution in [0.3, 0.4) is 0 Å². The number of carbonyl (C=O) groups is 2. The van der Waals surface area contributed by atoms with Gasteiger partial charge in [0.1, 0.15) is 17.3 Å². The van der Waals surface area contributed by atoms with Gasteiger partial charge in [0.25, 0.3) is 5.19 Å². The van der Waals surface area contributed by atoms with Gasteiger partial charge in [-0.2, -0.15) is 0 Å². The van der Waals surface area contributed by atoms with Crippen molar-refractivity contribution in [1.29, 1.82) is 0 Å². The zero-order valence-electron chi connectivity index (χ0n) is 12.9. The molecule has 0 aromatic carbocycles. The molecule has 2 saturated carbocycles. The van der Waals surface area contributed by atoms with E-state index in [2.05, 4.69) is 18.8 Å². The first-order valence-electron chi connectivity index (χ1n) is 7.84. The van der Waals surface area contributed by atoms with Crippen LogP contribution < -0.4 is 4.74 Å². The summed E-state index contributed by atoms with van der Waals surface area (Å²) in [7, 11) is 0. The van der Waals surface area contributed by atoms with Crippen molar-refractivity contribution in [3.63, 3.8) is 0 Å². The quantitative estimate of drug-likeness (QED) is 0.801. The molecule has 0 N–H and O–H groups in total. The molecule has 1 aliphatic heterocycles. The predicted octanol–water partition coefficient (Wildman–Crippen LogP) is 2.13. The highest BCUT2D eigenvalue weighted by Gasteiger charge is 2.69. The molecule has 4 rings (SSSR count). The number of carbonyl (C=O) groups excluding carboxylic acids is 2. The molecule has 2 unspecified atom stereocenters. The molecule has 2 aliphatic carbocycles. The largest absolute Gasteiger partial charge is 0.463 e. The van der Waals surface area contributed by atoms with Gasteiger partial charge in [-0.3, -0.25) is 9.59 Å². The van der Waals surface area contributed by atoms with Crippen LogP contribution in [0, 0.1) is 16.7 Å². The topological polar surface area (TPSA) is 59.5 Å². The van der Waals surface area contributed by atoms with Gasteiger partial charge >= 0.3 is 0 Å². The van der Waals surface area contributed by atoms with E-state index >= 15 is 0 Å². The van der Waals surface area contributed by atoms with Crippen molar-refractivity contribution in [3.05, 3.63) is 11.6 Å². The van der Waals surface area contributed by atoms with Crippen molar-refractivity contribution in [2.24, 2.45) is 16.7 Å². The van der Waals surface area contributed by atoms with Crippen LogP contribution in [0.5, 0.6) is 5.19 Å². The molecule has 6 heteroatoms. The number of hydrogen-bond acceptors (Lipinski definition) is 5. The van der Waals surface area contributed by atoms with E-state index in [1.165, 1.54) is 11.3 Å². The molecule has 1 saturated heterocycles. The van der Waals surface area contributed by atoms with E-state index in [0.29, 0.717) is 30.6 Å². The molecule has 1 aromatic rings. The minimum atomic E-state index is -0.774. The molecule has 22 heavy (non-hydrogen) atoms. The summed E-state index contributed by atoms with van der Waals surface area (Å²) in [5, 5.41) is 2.52. The lowest BCUT2D eigenvalue weighted by Crippen LogP contribution is -2.62. The van der Waals surface area contributed by atoms with Crippen LogP contribution in [-0.4, -0.2) is 40.8 Å². The fourth-order valence-electron chi connectivity index (χ4n) is 4.54. The molecule has 2 bridgehead atoms. The number of ketones is 1. The van der Waals surface area contributed by atoms with Gasteiger partial charge in [0.05, 0.1) is 13.1 Å². The number of Topliss-reactive ketones (excluding diaryl/α,β-unsaturated/α-hetero) is 1. The molecule has 3 fully saturated rings. The third-order valence-corrected chi connectivity index (χ3v) is 6.73. The van der Waals surface area contributed by atoms with Crippen LogP contribution in [0.2, 0.25) is 0 Å². The Morgan fingerprint density at radius 2 is 2.23 bits per heavy atom. The Balaban J connectivity index is 1.46. The number of nitrogens with zero attached hydrogens (tertiary/aromatic N) is 2. The molecular weight excluding hydrogens is 300 g/mol. The first kappa shape index (κ1) is 14.2. The molecular formula is C16H20N2O3S. The first-order chi connectivity index (χ1) is 10.4. The monoisotopic (exact) mass is 320 g/mol. The second kappa shape index (κ2) is 4.54. The van der Waals surface area contributed by atoms with Gasteiger partial charge in [-0.15, -0.1) is 0 Å². The van der Waals surface area contributed by atoms with E-state index in [1.54, 1.807) is 11.1 Å². The molecule has 3 aliphatic rings. The fraction of sp³-hybridized carbons (Fsp3) is 0.688. The standard InChI is InChI=1S/C16H20N2O3S/c1-15(2)10-3-4-16(15,12(19)7-10)13(20)18-8-11(9-18)21-14-17-5-6-22-14/h5-6,10-11H,3-4,7-9H2,1-2H3. The molecule has 2 heterocycles. The van der Waals surface area contributed by atoms with Crippen LogP contribution >= 0.6 is 11.3 Å². The van der Waals surface area contributed by atoms with Crippen molar-refractivity contribution < 1.29 is 14.3 Å². The Hall–Kier alpha value is -1.43. The number of thiazole rings is 1. The van der Waals surface area contributed by atoms with E-state index in [-0.39, 0.29) is 23.2 Å². The molecule has 0 spiro atoms. The van der Waals surface area contributed by atoms with Crippen LogP contribution in [-0.2, 0) is 9.59 Å². The van der Waals surface area contributed by atoms with E-state index < -0.39 is 5.41 Å². The summed E-state index contributed by atoms with van der Waals surface area (Å²) in [6.45, 7) is 5.32. The van der Waals surface area contributed by atoms with E-state index in [4.69, 9.17) is 4.74 Å². The zero-order chi connectivity index (χ0) is 15.5. The molecule has 5 nitrogen and oxygen atoms in total. The first-order valence-corrected chi connectivity index (χ1v) is 8.72. The summed E-state index contributed by atoms with van der Waals surface area (Å²) in [5.41, 5.74) is -0.980. The Kier molecular flexibility index (Phi) is 2.92. The lowest BCUT2D eigenvalue weighted by Gasteiger charge is -2.45. The van der Waals surface area contributed by atoms with Crippen molar-refractivity contribution in [1.82, 2.24) is 9.88 Å². The highest BCUT2D eigenvalue weighted by molar-refractivity contribution is 7.11. The Bertz CT molecular complexity index is 621. The minimum Gasteiger partial charge on any atom is -0.463 e. The summed E-state index contributed by atoms with van der Waals surface area (Å²) in [4.78, 5) is 31.4. The number of ether oxygens (including phenoxy) is 1. The molecule has 118 valence electrons. The number of fused-ring (bicyclic) bond motifs is 2. The Morgan fingerprint density at radius 1 is 1.45 bits per heavy atom. The van der Waals surface area contributed by atoms with Crippen LogP contribution in [0.4, 0.5) is 0 Å². The normalized spacial score (nSPS) is 33.1. The van der Waals surface area contributed by atoms with Crippen molar-refractivity contribution in [2.75, 3.05) is 13.1 Å². The predicted molar refractivity (Wildman–Crippen MR) is 81.7 cm³/mol. The number of rotatable bonds is 3. The average molecular weight is 320 g/mol. The Labute approximate surface area is 133 Å². The van der Waals surface area contributed by atoms with Gasteiger partial charge in [0.2, 0.25) is 5.91 Å². The van der Waals surface area contributed by atoms with Gasteiger partial charge in [0.15, 0.2) is 0 Å². The highest BCUT2D eigenvalue weighted by atomic mass is 32.1. The van der Waals surface area contributed by atoms with Crippen LogP contribution in [0.15, 0.2) is 11.6 Å². The van der Waals surface area contributed by atoms with Crippen molar-refractivity contribution in [3.8, 4) is 5.19 Å². The average Bonchev–Trinajstić information content (AvgIpc) is 3.06. The van der Waals surface area contributed by atoms with Gasteiger partial charge in [0, 0.05) is 18.0 Å². The van der Waals surface area contributed by atoms with Crippen molar-refractivity contribution in [2.45, 2.75) is 39.2 Å². The summed E-state index contributed by atoms with van der Waals surface area (Å²) < 4.78 is 5.72. The summed E-state index contributed by atoms with van der Waals surface area (Å²) in [6.07, 6.45) is 4.00. The second-order valence-electron chi connectivity index (χ2n) is 7.24. The molecule has 1 aromatic heterocycles. The maximum atomic E-state index is 13.0. The number of hydrogen-bond donors (Lipinski definition) is 0. The van der Waals surface area contributed by atoms with E-state index in [9.17, 15) is 9.59 Å². The zero-order valence-corrected chi connectivity index (χ0v) is 13.7. The maximum Gasteiger partial charge on any atom is 0.273 e. The number of amides is 1. The highest BCUT2D eigenvalue weighted by Crippen LogP contribution is 2.64. The minimum absolute atomic E-state index is 0.00307. The SMILES string of the molecule is CC1(C)C2CCC1(C(=O)N1CC(Oc3nccs3)C1)C(=O)C2. The second-order valence-corrected chi connectivity index (χ2v) is 8.10. The van der Waals surface area contributed by atoms with Crippen LogP contribution in [0.25, 0.3) is 0 Å². The lowest BCUT2D eigenvalue weighted by atomic mass is 9.67. The smallest absolute Gasteiger partial charge is 0.273 e. The maximum absolute atomic E-state index is 13.0. The van der Waals surface area contributed by atoms with Gasteiger partial charge < -0.3 is 9.64 Å². The van der Waals surface area contributed by atoms with Gasteiger partial charge in [-0.25, -0.2) is 4.98 Å². The van der Waals surface area contributed by atoms with E-state index in [1.807, 2.05) is 5.38 Å². The number of likely N-dealkylation sites (tertiary alicyclic amines) is 1. The summed E-state index contributed by atoms with van der Waals surface area (Å²) in [5.74, 6) is 0.553. The summed E-state index contributed by atoms with van der Waals surface area (Å²) in [6, 6.07) is 0.